The summed E-state index contributed by atoms with van der Waals surface area (Å²) in [4.78, 5) is 14.2. The molecule has 29 heavy (non-hydrogen) atoms. The number of alkyl halides is 3. The molecule has 7 nitrogen and oxygen atoms in total. The van der Waals surface area contributed by atoms with Crippen molar-refractivity contribution in [3.63, 3.8) is 0 Å². The maximum absolute atomic E-state index is 13.0. The smallest absolute Gasteiger partial charge is 0.426 e. The van der Waals surface area contributed by atoms with E-state index in [0.717, 1.165) is 10.1 Å². The first-order valence-corrected chi connectivity index (χ1v) is 8.89. The fourth-order valence-corrected chi connectivity index (χ4v) is 3.23. The number of ether oxygens (including phenoxy) is 1. The topological polar surface area (TPSA) is 73.4 Å². The van der Waals surface area contributed by atoms with Gasteiger partial charge in [-0.1, -0.05) is 17.7 Å². The van der Waals surface area contributed by atoms with Crippen molar-refractivity contribution in [3.8, 4) is 11.7 Å². The van der Waals surface area contributed by atoms with E-state index in [0.29, 0.717) is 5.75 Å². The van der Waals surface area contributed by atoms with E-state index in [-0.39, 0.29) is 30.6 Å². The molecule has 10 heteroatoms. The number of benzene rings is 1. The van der Waals surface area contributed by atoms with Crippen molar-refractivity contribution in [3.05, 3.63) is 59.4 Å². The zero-order valence-corrected chi connectivity index (χ0v) is 15.6. The van der Waals surface area contributed by atoms with Crippen LogP contribution < -0.4 is 4.74 Å². The Morgan fingerprint density at radius 1 is 1.14 bits per heavy atom. The summed E-state index contributed by atoms with van der Waals surface area (Å²) >= 11 is 0. The Labute approximate surface area is 163 Å². The van der Waals surface area contributed by atoms with E-state index in [1.54, 1.807) is 19.1 Å². The van der Waals surface area contributed by atoms with Crippen LogP contribution in [0.15, 0.2) is 40.8 Å². The summed E-state index contributed by atoms with van der Waals surface area (Å²) < 4.78 is 51.2. The van der Waals surface area contributed by atoms with E-state index < -0.39 is 23.9 Å². The predicted molar refractivity (Wildman–Crippen MR) is 94.4 cm³/mol. The lowest BCUT2D eigenvalue weighted by molar-refractivity contribution is -0.148. The van der Waals surface area contributed by atoms with Gasteiger partial charge in [-0.25, -0.2) is 0 Å². The van der Waals surface area contributed by atoms with Gasteiger partial charge in [0.05, 0.1) is 6.04 Å². The van der Waals surface area contributed by atoms with Crippen LogP contribution in [-0.2, 0) is 12.7 Å². The third-order valence-electron chi connectivity index (χ3n) is 4.73. The van der Waals surface area contributed by atoms with E-state index in [1.165, 1.54) is 17.0 Å². The first-order valence-electron chi connectivity index (χ1n) is 8.89. The summed E-state index contributed by atoms with van der Waals surface area (Å²) in [5.41, 5.74) is 1.08. The van der Waals surface area contributed by atoms with Gasteiger partial charge in [0.25, 0.3) is 11.9 Å². The Bertz CT molecular complexity index is 1040. The monoisotopic (exact) mass is 406 g/mol. The summed E-state index contributed by atoms with van der Waals surface area (Å²) in [6.45, 7) is 3.57. The fourth-order valence-electron chi connectivity index (χ4n) is 3.23. The highest BCUT2D eigenvalue weighted by Gasteiger charge is 2.42. The lowest BCUT2D eigenvalue weighted by atomic mass is 10.2. The quantitative estimate of drug-likeness (QED) is 0.652. The molecular weight excluding hydrogens is 389 g/mol. The molecule has 0 N–H and O–H groups in total. The SMILES string of the molecule is Cc1ccc(Oc2ccc(C(=O)N3CCn4c(nnc4C(F)(F)F)C3C)o2)cc1. The highest BCUT2D eigenvalue weighted by Crippen LogP contribution is 2.33. The second kappa shape index (κ2) is 6.94. The molecular formula is C19H17F3N4O3. The minimum Gasteiger partial charge on any atom is -0.426 e. The Balaban J connectivity index is 1.51. The van der Waals surface area contributed by atoms with E-state index in [9.17, 15) is 18.0 Å². The maximum atomic E-state index is 13.0. The van der Waals surface area contributed by atoms with Crippen LogP contribution in [0, 0.1) is 6.92 Å². The van der Waals surface area contributed by atoms with Gasteiger partial charge in [-0.2, -0.15) is 13.2 Å². The average Bonchev–Trinajstić information content (AvgIpc) is 3.30. The molecule has 1 aromatic carbocycles. The summed E-state index contributed by atoms with van der Waals surface area (Å²) in [6.07, 6.45) is -4.60. The molecule has 2 aromatic heterocycles. The van der Waals surface area contributed by atoms with E-state index in [1.807, 2.05) is 19.1 Å². The standard InChI is InChI=1S/C19H17F3N4O3/c1-11-3-5-13(6-4-11)28-15-8-7-14(29-15)17(27)25-9-10-26-16(12(25)2)23-24-18(26)19(20,21)22/h3-8,12H,9-10H2,1-2H3. The molecule has 1 aliphatic heterocycles. The molecule has 0 fully saturated rings. The first kappa shape index (κ1) is 19.0. The second-order valence-electron chi connectivity index (χ2n) is 6.74. The number of hydrogen-bond donors (Lipinski definition) is 0. The lowest BCUT2D eigenvalue weighted by Gasteiger charge is -2.33. The number of aryl methyl sites for hydroxylation is 1. The highest BCUT2D eigenvalue weighted by atomic mass is 19.4. The molecule has 4 rings (SSSR count). The van der Waals surface area contributed by atoms with Gasteiger partial charge >= 0.3 is 6.18 Å². The molecule has 0 spiro atoms. The number of rotatable bonds is 3. The Morgan fingerprint density at radius 3 is 2.55 bits per heavy atom. The van der Waals surface area contributed by atoms with Crippen molar-refractivity contribution in [2.75, 3.05) is 6.54 Å². The minimum atomic E-state index is -4.60. The Kier molecular flexibility index (Phi) is 4.56. The highest BCUT2D eigenvalue weighted by molar-refractivity contribution is 5.92. The zero-order valence-electron chi connectivity index (χ0n) is 15.6. The molecule has 0 radical (unpaired) electrons. The maximum Gasteiger partial charge on any atom is 0.451 e. The summed E-state index contributed by atoms with van der Waals surface area (Å²) in [6, 6.07) is 9.61. The normalized spacial score (nSPS) is 16.6. The number of hydrogen-bond acceptors (Lipinski definition) is 5. The van der Waals surface area contributed by atoms with Crippen LogP contribution in [0.1, 0.15) is 40.7 Å². The van der Waals surface area contributed by atoms with Crippen LogP contribution in [-0.4, -0.2) is 32.1 Å². The fraction of sp³-hybridized carbons (Fsp3) is 0.316. The number of carbonyl (C=O) groups is 1. The second-order valence-corrected chi connectivity index (χ2v) is 6.74. The van der Waals surface area contributed by atoms with Crippen LogP contribution in [0.2, 0.25) is 0 Å². The van der Waals surface area contributed by atoms with Crippen molar-refractivity contribution in [2.45, 2.75) is 32.6 Å². The molecule has 152 valence electrons. The third kappa shape index (κ3) is 3.57. The minimum absolute atomic E-state index is 0.0305. The van der Waals surface area contributed by atoms with Gasteiger partial charge in [-0.3, -0.25) is 4.79 Å². The van der Waals surface area contributed by atoms with E-state index >= 15 is 0 Å². The van der Waals surface area contributed by atoms with Crippen LogP contribution in [0.5, 0.6) is 11.7 Å². The Morgan fingerprint density at radius 2 is 1.86 bits per heavy atom. The largest absolute Gasteiger partial charge is 0.451 e. The molecule has 3 heterocycles. The van der Waals surface area contributed by atoms with Gasteiger partial charge in [-0.15, -0.1) is 10.2 Å². The number of amides is 1. The van der Waals surface area contributed by atoms with Crippen LogP contribution in [0.3, 0.4) is 0 Å². The van der Waals surface area contributed by atoms with Gasteiger partial charge in [0.1, 0.15) is 5.75 Å². The number of fused-ring (bicyclic) bond motifs is 1. The average molecular weight is 406 g/mol. The number of halogens is 3. The summed E-state index contributed by atoms with van der Waals surface area (Å²) in [5, 5.41) is 6.89. The van der Waals surface area contributed by atoms with Gasteiger partial charge in [-0.05, 0) is 32.0 Å². The summed E-state index contributed by atoms with van der Waals surface area (Å²) in [7, 11) is 0. The van der Waals surface area contributed by atoms with Crippen molar-refractivity contribution in [1.29, 1.82) is 0 Å². The first-order chi connectivity index (χ1) is 13.7. The molecule has 1 unspecified atom stereocenters. The molecule has 0 aliphatic carbocycles. The molecule has 1 atom stereocenters. The van der Waals surface area contributed by atoms with E-state index in [4.69, 9.17) is 9.15 Å². The van der Waals surface area contributed by atoms with Crippen molar-refractivity contribution >= 4 is 5.91 Å². The Hall–Kier alpha value is -3.30. The van der Waals surface area contributed by atoms with Crippen molar-refractivity contribution in [2.24, 2.45) is 0 Å². The lowest BCUT2D eigenvalue weighted by Crippen LogP contribution is -2.41. The predicted octanol–water partition coefficient (Wildman–Crippen LogP) is 4.21. The number of aromatic nitrogens is 3. The molecule has 1 aliphatic rings. The molecule has 3 aromatic rings. The zero-order chi connectivity index (χ0) is 20.8. The van der Waals surface area contributed by atoms with Gasteiger partial charge < -0.3 is 18.6 Å². The van der Waals surface area contributed by atoms with Crippen molar-refractivity contribution in [1.82, 2.24) is 19.7 Å². The molecule has 0 saturated carbocycles. The van der Waals surface area contributed by atoms with Crippen LogP contribution in [0.25, 0.3) is 0 Å². The number of nitrogens with zero attached hydrogens (tertiary/aromatic N) is 4. The van der Waals surface area contributed by atoms with Crippen LogP contribution >= 0.6 is 0 Å². The molecule has 1 amide bonds. The molecule has 0 saturated heterocycles. The van der Waals surface area contributed by atoms with E-state index in [2.05, 4.69) is 10.2 Å². The van der Waals surface area contributed by atoms with Gasteiger partial charge in [0.2, 0.25) is 5.82 Å². The number of furan rings is 1. The molecule has 0 bridgehead atoms. The van der Waals surface area contributed by atoms with Crippen LogP contribution in [0.4, 0.5) is 13.2 Å². The van der Waals surface area contributed by atoms with Gasteiger partial charge in [0.15, 0.2) is 11.6 Å². The summed E-state index contributed by atoms with van der Waals surface area (Å²) in [5.74, 6) is -0.702. The van der Waals surface area contributed by atoms with Crippen molar-refractivity contribution < 1.29 is 27.1 Å². The third-order valence-corrected chi connectivity index (χ3v) is 4.73. The number of carbonyl (C=O) groups excluding carboxylic acids is 1. The van der Waals surface area contributed by atoms with Gasteiger partial charge in [0, 0.05) is 19.2 Å².